The number of carbonyl (C=O) groups excluding carboxylic acids is 2. The zero-order chi connectivity index (χ0) is 18.1. The standard InChI is InChI=1S/C17H18Cl2N4O2/c1-10-11(2)21-23(12-5-6-13(18)14(19)8-12)17(10)20-15(24)9-22-7-3-4-16(22)25/h5-6,8H,3-4,7,9H2,1-2H3,(H,20,24). The molecule has 1 fully saturated rings. The van der Waals surface area contributed by atoms with Gasteiger partial charge in [-0.15, -0.1) is 0 Å². The smallest absolute Gasteiger partial charge is 0.245 e. The van der Waals surface area contributed by atoms with E-state index in [1.165, 1.54) is 0 Å². The van der Waals surface area contributed by atoms with Gasteiger partial charge in [-0.05, 0) is 38.5 Å². The molecule has 0 spiro atoms. The summed E-state index contributed by atoms with van der Waals surface area (Å²) in [6.07, 6.45) is 1.30. The Bertz CT molecular complexity index is 847. The average Bonchev–Trinajstić information content (AvgIpc) is 3.08. The zero-order valence-electron chi connectivity index (χ0n) is 14.0. The first-order chi connectivity index (χ1) is 11.9. The molecular formula is C17H18Cl2N4O2. The molecule has 2 aromatic rings. The minimum Gasteiger partial charge on any atom is -0.333 e. The second-order valence-corrected chi connectivity index (χ2v) is 6.85. The van der Waals surface area contributed by atoms with Crippen molar-refractivity contribution in [3.05, 3.63) is 39.5 Å². The predicted octanol–water partition coefficient (Wildman–Crippen LogP) is 3.36. The van der Waals surface area contributed by atoms with Crippen LogP contribution in [0.15, 0.2) is 18.2 Å². The fourth-order valence-electron chi connectivity index (χ4n) is 2.77. The Balaban J connectivity index is 1.86. The number of nitrogens with zero attached hydrogens (tertiary/aromatic N) is 3. The van der Waals surface area contributed by atoms with Crippen molar-refractivity contribution < 1.29 is 9.59 Å². The van der Waals surface area contributed by atoms with Crippen molar-refractivity contribution in [3.8, 4) is 5.69 Å². The van der Waals surface area contributed by atoms with Crippen molar-refractivity contribution in [1.29, 1.82) is 0 Å². The van der Waals surface area contributed by atoms with Gasteiger partial charge < -0.3 is 10.2 Å². The first-order valence-electron chi connectivity index (χ1n) is 7.96. The highest BCUT2D eigenvalue weighted by Gasteiger charge is 2.24. The number of halogens is 2. The Morgan fingerprint density at radius 1 is 1.28 bits per heavy atom. The van der Waals surface area contributed by atoms with Gasteiger partial charge in [0.2, 0.25) is 11.8 Å². The molecule has 0 saturated carbocycles. The molecule has 6 nitrogen and oxygen atoms in total. The number of aromatic nitrogens is 2. The monoisotopic (exact) mass is 380 g/mol. The SMILES string of the molecule is Cc1nn(-c2ccc(Cl)c(Cl)c2)c(NC(=O)CN2CCCC2=O)c1C. The van der Waals surface area contributed by atoms with Crippen molar-refractivity contribution in [1.82, 2.24) is 14.7 Å². The topological polar surface area (TPSA) is 67.2 Å². The minimum atomic E-state index is -0.250. The lowest BCUT2D eigenvalue weighted by atomic mass is 10.2. The van der Waals surface area contributed by atoms with Gasteiger partial charge in [0.15, 0.2) is 0 Å². The van der Waals surface area contributed by atoms with Crippen LogP contribution in [0.3, 0.4) is 0 Å². The Kier molecular flexibility index (Phi) is 5.01. The van der Waals surface area contributed by atoms with E-state index in [4.69, 9.17) is 23.2 Å². The normalized spacial score (nSPS) is 14.2. The van der Waals surface area contributed by atoms with Crippen molar-refractivity contribution in [2.75, 3.05) is 18.4 Å². The summed E-state index contributed by atoms with van der Waals surface area (Å²) in [4.78, 5) is 25.6. The van der Waals surface area contributed by atoms with Gasteiger partial charge in [-0.2, -0.15) is 5.10 Å². The van der Waals surface area contributed by atoms with Crippen LogP contribution in [0.5, 0.6) is 0 Å². The molecule has 8 heteroatoms. The van der Waals surface area contributed by atoms with E-state index in [-0.39, 0.29) is 18.4 Å². The quantitative estimate of drug-likeness (QED) is 0.883. The zero-order valence-corrected chi connectivity index (χ0v) is 15.5. The van der Waals surface area contributed by atoms with E-state index in [1.54, 1.807) is 27.8 Å². The van der Waals surface area contributed by atoms with Gasteiger partial charge in [-0.1, -0.05) is 23.2 Å². The van der Waals surface area contributed by atoms with Crippen LogP contribution in [0.2, 0.25) is 10.0 Å². The number of nitrogens with one attached hydrogen (secondary N) is 1. The third-order valence-electron chi connectivity index (χ3n) is 4.27. The highest BCUT2D eigenvalue weighted by atomic mass is 35.5. The summed E-state index contributed by atoms with van der Waals surface area (Å²) in [5.41, 5.74) is 2.34. The van der Waals surface area contributed by atoms with E-state index in [0.29, 0.717) is 34.5 Å². The van der Waals surface area contributed by atoms with E-state index < -0.39 is 0 Å². The van der Waals surface area contributed by atoms with E-state index in [2.05, 4.69) is 10.4 Å². The highest BCUT2D eigenvalue weighted by molar-refractivity contribution is 6.42. The van der Waals surface area contributed by atoms with Crippen molar-refractivity contribution in [3.63, 3.8) is 0 Å². The van der Waals surface area contributed by atoms with E-state index in [0.717, 1.165) is 17.7 Å². The van der Waals surface area contributed by atoms with Crippen molar-refractivity contribution in [2.45, 2.75) is 26.7 Å². The average molecular weight is 381 g/mol. The number of benzene rings is 1. The number of hydrogen-bond donors (Lipinski definition) is 1. The van der Waals surface area contributed by atoms with Gasteiger partial charge in [0, 0.05) is 18.5 Å². The molecule has 0 atom stereocenters. The third-order valence-corrected chi connectivity index (χ3v) is 5.01. The third kappa shape index (κ3) is 3.65. The lowest BCUT2D eigenvalue weighted by Crippen LogP contribution is -2.34. The maximum Gasteiger partial charge on any atom is 0.245 e. The molecule has 3 rings (SSSR count). The van der Waals surface area contributed by atoms with E-state index in [9.17, 15) is 9.59 Å². The van der Waals surface area contributed by atoms with Crippen molar-refractivity contribution >= 4 is 40.8 Å². The van der Waals surface area contributed by atoms with Crippen LogP contribution in [0.25, 0.3) is 5.69 Å². The molecular weight excluding hydrogens is 363 g/mol. The number of anilines is 1. The van der Waals surface area contributed by atoms with E-state index >= 15 is 0 Å². The van der Waals surface area contributed by atoms with Crippen molar-refractivity contribution in [2.24, 2.45) is 0 Å². The molecule has 1 N–H and O–H groups in total. The molecule has 2 amide bonds. The lowest BCUT2D eigenvalue weighted by molar-refractivity contribution is -0.131. The van der Waals surface area contributed by atoms with Crippen LogP contribution < -0.4 is 5.32 Å². The molecule has 1 aliphatic heterocycles. The van der Waals surface area contributed by atoms with Crippen LogP contribution in [-0.2, 0) is 9.59 Å². The van der Waals surface area contributed by atoms with Crippen LogP contribution in [0.4, 0.5) is 5.82 Å². The second kappa shape index (κ2) is 7.06. The number of hydrogen-bond acceptors (Lipinski definition) is 3. The summed E-state index contributed by atoms with van der Waals surface area (Å²) in [7, 11) is 0. The largest absolute Gasteiger partial charge is 0.333 e. The van der Waals surface area contributed by atoms with Gasteiger partial charge in [0.05, 0.1) is 28.0 Å². The van der Waals surface area contributed by atoms with Crippen LogP contribution in [0, 0.1) is 13.8 Å². The molecule has 0 radical (unpaired) electrons. The van der Waals surface area contributed by atoms with Gasteiger partial charge in [0.25, 0.3) is 0 Å². The molecule has 0 unspecified atom stereocenters. The van der Waals surface area contributed by atoms with Gasteiger partial charge in [0.1, 0.15) is 5.82 Å². The summed E-state index contributed by atoms with van der Waals surface area (Å²) >= 11 is 12.1. The fraction of sp³-hybridized carbons (Fsp3) is 0.353. The summed E-state index contributed by atoms with van der Waals surface area (Å²) in [5, 5.41) is 8.20. The number of rotatable bonds is 4. The Morgan fingerprint density at radius 3 is 2.68 bits per heavy atom. The fourth-order valence-corrected chi connectivity index (χ4v) is 3.06. The number of carbonyl (C=O) groups is 2. The molecule has 25 heavy (non-hydrogen) atoms. The van der Waals surface area contributed by atoms with Gasteiger partial charge >= 0.3 is 0 Å². The summed E-state index contributed by atoms with van der Waals surface area (Å²) in [6.45, 7) is 4.41. The number of amides is 2. The first kappa shape index (κ1) is 17.8. The van der Waals surface area contributed by atoms with Crippen LogP contribution >= 0.6 is 23.2 Å². The molecule has 132 valence electrons. The van der Waals surface area contributed by atoms with Crippen LogP contribution in [0.1, 0.15) is 24.1 Å². The maximum absolute atomic E-state index is 12.4. The predicted molar refractivity (Wildman–Crippen MR) is 97.5 cm³/mol. The molecule has 1 saturated heterocycles. The summed E-state index contributed by atoms with van der Waals surface area (Å²) < 4.78 is 1.62. The Labute approximate surface area is 155 Å². The summed E-state index contributed by atoms with van der Waals surface area (Å²) in [6, 6.07) is 5.15. The maximum atomic E-state index is 12.4. The first-order valence-corrected chi connectivity index (χ1v) is 8.71. The second-order valence-electron chi connectivity index (χ2n) is 6.04. The van der Waals surface area contributed by atoms with Gasteiger partial charge in [-0.25, -0.2) is 4.68 Å². The Hall–Kier alpha value is -2.05. The Morgan fingerprint density at radius 2 is 2.04 bits per heavy atom. The van der Waals surface area contributed by atoms with Gasteiger partial charge in [-0.3, -0.25) is 9.59 Å². The molecule has 2 heterocycles. The lowest BCUT2D eigenvalue weighted by Gasteiger charge is -2.16. The molecule has 1 aromatic carbocycles. The number of likely N-dealkylation sites (tertiary alicyclic amines) is 1. The molecule has 0 bridgehead atoms. The summed E-state index contributed by atoms with van der Waals surface area (Å²) in [5.74, 6) is 0.327. The highest BCUT2D eigenvalue weighted by Crippen LogP contribution is 2.28. The number of aryl methyl sites for hydroxylation is 1. The molecule has 1 aliphatic rings. The minimum absolute atomic E-state index is 0.0149. The molecule has 0 aliphatic carbocycles. The van der Waals surface area contributed by atoms with E-state index in [1.807, 2.05) is 13.8 Å². The van der Waals surface area contributed by atoms with Crippen LogP contribution in [-0.4, -0.2) is 39.6 Å². The molecule has 1 aromatic heterocycles.